The third kappa shape index (κ3) is 4.48. The zero-order valence-electron chi connectivity index (χ0n) is 11.4. The zero-order valence-corrected chi connectivity index (χ0v) is 11.4. The van der Waals surface area contributed by atoms with Crippen LogP contribution in [0.4, 0.5) is 0 Å². The number of Topliss-reactive ketones (excluding diaryl/α,β-unsaturated/α-hetero) is 1. The van der Waals surface area contributed by atoms with Gasteiger partial charge in [0.05, 0.1) is 0 Å². The van der Waals surface area contributed by atoms with Crippen LogP contribution in [-0.4, -0.2) is 18.0 Å². The Morgan fingerprint density at radius 1 is 1.44 bits per heavy atom. The molecule has 0 aromatic rings. The van der Waals surface area contributed by atoms with Gasteiger partial charge in [-0.15, -0.1) is 0 Å². The van der Waals surface area contributed by atoms with E-state index in [2.05, 4.69) is 20.4 Å². The van der Waals surface area contributed by atoms with Gasteiger partial charge in [-0.25, -0.2) is 0 Å². The molecule has 0 radical (unpaired) electrons. The Bertz CT molecular complexity index is 245. The van der Waals surface area contributed by atoms with Crippen LogP contribution in [0.25, 0.3) is 0 Å². The van der Waals surface area contributed by atoms with Gasteiger partial charge < -0.3 is 4.74 Å². The predicted octanol–water partition coefficient (Wildman–Crippen LogP) is 3.75. The van der Waals surface area contributed by atoms with E-state index in [1.807, 2.05) is 13.8 Å². The summed E-state index contributed by atoms with van der Waals surface area (Å²) in [4.78, 5) is 11.9. The lowest BCUT2D eigenvalue weighted by atomic mass is 9.93. The summed E-state index contributed by atoms with van der Waals surface area (Å²) in [5.74, 6) is 0.681. The maximum atomic E-state index is 11.9. The fourth-order valence-corrected chi connectivity index (χ4v) is 1.47. The van der Waals surface area contributed by atoms with Crippen LogP contribution >= 0.6 is 0 Å². The lowest BCUT2D eigenvalue weighted by Crippen LogP contribution is -2.38. The summed E-state index contributed by atoms with van der Waals surface area (Å²) in [7, 11) is 0. The normalized spacial score (nSPS) is 16.6. The molecule has 0 fully saturated rings. The van der Waals surface area contributed by atoms with E-state index in [-0.39, 0.29) is 5.78 Å². The third-order valence-electron chi connectivity index (χ3n) is 3.27. The van der Waals surface area contributed by atoms with Crippen LogP contribution in [0.3, 0.4) is 0 Å². The molecule has 0 heterocycles. The van der Waals surface area contributed by atoms with Crippen LogP contribution < -0.4 is 0 Å². The summed E-state index contributed by atoms with van der Waals surface area (Å²) in [6, 6.07) is 0. The number of ether oxygens (including phenoxy) is 1. The first-order valence-electron chi connectivity index (χ1n) is 6.21. The van der Waals surface area contributed by atoms with E-state index < -0.39 is 5.60 Å². The molecule has 0 spiro atoms. The van der Waals surface area contributed by atoms with E-state index >= 15 is 0 Å². The van der Waals surface area contributed by atoms with Gasteiger partial charge in [0, 0.05) is 6.61 Å². The van der Waals surface area contributed by atoms with Gasteiger partial charge in [-0.1, -0.05) is 33.8 Å². The molecule has 0 aliphatic carbocycles. The average Bonchev–Trinajstić information content (AvgIpc) is 2.27. The Morgan fingerprint density at radius 2 is 2.00 bits per heavy atom. The van der Waals surface area contributed by atoms with E-state index in [0.29, 0.717) is 24.5 Å². The van der Waals surface area contributed by atoms with Gasteiger partial charge in [-0.3, -0.25) is 4.79 Å². The van der Waals surface area contributed by atoms with Crippen molar-refractivity contribution in [2.24, 2.45) is 5.92 Å². The second-order valence-electron chi connectivity index (χ2n) is 4.84. The van der Waals surface area contributed by atoms with Crippen molar-refractivity contribution in [3.05, 3.63) is 12.2 Å². The van der Waals surface area contributed by atoms with Crippen molar-refractivity contribution in [2.75, 3.05) is 6.61 Å². The van der Waals surface area contributed by atoms with Gasteiger partial charge in [-0.2, -0.15) is 0 Å². The number of carbonyl (C=O) groups is 1. The second kappa shape index (κ2) is 6.85. The van der Waals surface area contributed by atoms with Gasteiger partial charge in [0.25, 0.3) is 0 Å². The molecule has 0 aliphatic heterocycles. The minimum absolute atomic E-state index is 0.0270. The van der Waals surface area contributed by atoms with Crippen molar-refractivity contribution in [3.8, 4) is 0 Å². The molecule has 0 aliphatic rings. The molecule has 0 saturated carbocycles. The van der Waals surface area contributed by atoms with E-state index in [0.717, 1.165) is 12.8 Å². The maximum Gasteiger partial charge on any atom is 0.189 e. The molecular formula is C14H26O2. The summed E-state index contributed by atoms with van der Waals surface area (Å²) in [6.07, 6.45) is 2.86. The second-order valence-corrected chi connectivity index (χ2v) is 4.84. The minimum atomic E-state index is -0.681. The number of hydrogen-bond acceptors (Lipinski definition) is 2. The van der Waals surface area contributed by atoms with Crippen LogP contribution in [0.5, 0.6) is 0 Å². The Labute approximate surface area is 100 Å². The standard InChI is InChI=1S/C14H26O2/c1-7-12(5)9-10-16-14(6,8-2)13(15)11(3)4/h12H,3,7-10H2,1-2,4-6H3. The van der Waals surface area contributed by atoms with E-state index in [4.69, 9.17) is 4.74 Å². The van der Waals surface area contributed by atoms with Gasteiger partial charge in [0.2, 0.25) is 0 Å². The van der Waals surface area contributed by atoms with Gasteiger partial charge >= 0.3 is 0 Å². The predicted molar refractivity (Wildman–Crippen MR) is 68.5 cm³/mol. The highest BCUT2D eigenvalue weighted by Crippen LogP contribution is 2.21. The van der Waals surface area contributed by atoms with Crippen LogP contribution in [0.2, 0.25) is 0 Å². The quantitative estimate of drug-likeness (QED) is 0.589. The molecule has 0 amide bonds. The first-order chi connectivity index (χ1) is 7.37. The van der Waals surface area contributed by atoms with Gasteiger partial charge in [0.1, 0.15) is 5.60 Å². The van der Waals surface area contributed by atoms with Crippen LogP contribution in [0.15, 0.2) is 12.2 Å². The lowest BCUT2D eigenvalue weighted by Gasteiger charge is -2.27. The highest BCUT2D eigenvalue weighted by Gasteiger charge is 2.32. The topological polar surface area (TPSA) is 26.3 Å². The summed E-state index contributed by atoms with van der Waals surface area (Å²) >= 11 is 0. The van der Waals surface area contributed by atoms with Crippen molar-refractivity contribution < 1.29 is 9.53 Å². The molecule has 2 nitrogen and oxygen atoms in total. The number of hydrogen-bond donors (Lipinski definition) is 0. The van der Waals surface area contributed by atoms with Crippen LogP contribution in [0, 0.1) is 5.92 Å². The van der Waals surface area contributed by atoms with E-state index in [1.165, 1.54) is 0 Å². The van der Waals surface area contributed by atoms with Gasteiger partial charge in [0.15, 0.2) is 5.78 Å². The fourth-order valence-electron chi connectivity index (χ4n) is 1.47. The molecule has 0 aromatic heterocycles. The van der Waals surface area contributed by atoms with Crippen molar-refractivity contribution in [1.82, 2.24) is 0 Å². The first-order valence-corrected chi connectivity index (χ1v) is 6.21. The molecule has 16 heavy (non-hydrogen) atoms. The Balaban J connectivity index is 4.28. The number of ketones is 1. The number of carbonyl (C=O) groups excluding carboxylic acids is 1. The molecule has 0 bridgehead atoms. The molecule has 2 unspecified atom stereocenters. The Kier molecular flexibility index (Phi) is 6.58. The van der Waals surface area contributed by atoms with Crippen LogP contribution in [-0.2, 0) is 9.53 Å². The zero-order chi connectivity index (χ0) is 12.8. The van der Waals surface area contributed by atoms with Crippen LogP contribution in [0.1, 0.15) is 53.9 Å². The van der Waals surface area contributed by atoms with E-state index in [9.17, 15) is 4.79 Å². The molecule has 0 saturated heterocycles. The van der Waals surface area contributed by atoms with Crippen molar-refractivity contribution in [1.29, 1.82) is 0 Å². The maximum absolute atomic E-state index is 11.9. The summed E-state index contributed by atoms with van der Waals surface area (Å²) in [5, 5.41) is 0. The highest BCUT2D eigenvalue weighted by atomic mass is 16.5. The van der Waals surface area contributed by atoms with Crippen molar-refractivity contribution in [2.45, 2.75) is 59.5 Å². The monoisotopic (exact) mass is 226 g/mol. The first kappa shape index (κ1) is 15.4. The van der Waals surface area contributed by atoms with E-state index in [1.54, 1.807) is 6.92 Å². The molecule has 94 valence electrons. The summed E-state index contributed by atoms with van der Waals surface area (Å²) in [5.41, 5.74) is -0.105. The Hall–Kier alpha value is -0.630. The molecule has 2 heteroatoms. The molecular weight excluding hydrogens is 200 g/mol. The Morgan fingerprint density at radius 3 is 2.38 bits per heavy atom. The van der Waals surface area contributed by atoms with Crippen molar-refractivity contribution in [3.63, 3.8) is 0 Å². The highest BCUT2D eigenvalue weighted by molar-refractivity contribution is 6.00. The molecule has 0 aromatic carbocycles. The molecule has 0 rings (SSSR count). The molecule has 0 N–H and O–H groups in total. The molecule has 2 atom stereocenters. The van der Waals surface area contributed by atoms with Gasteiger partial charge in [-0.05, 0) is 38.2 Å². The summed E-state index contributed by atoms with van der Waals surface area (Å²) in [6.45, 7) is 14.3. The average molecular weight is 226 g/mol. The SMILES string of the molecule is C=C(C)C(=O)C(C)(CC)OCCC(C)CC. The van der Waals surface area contributed by atoms with Crippen molar-refractivity contribution >= 4 is 5.78 Å². The fraction of sp³-hybridized carbons (Fsp3) is 0.786. The largest absolute Gasteiger partial charge is 0.367 e. The summed E-state index contributed by atoms with van der Waals surface area (Å²) < 4.78 is 5.76. The lowest BCUT2D eigenvalue weighted by molar-refractivity contribution is -0.139. The number of rotatable bonds is 8. The minimum Gasteiger partial charge on any atom is -0.367 e. The third-order valence-corrected chi connectivity index (χ3v) is 3.27. The smallest absolute Gasteiger partial charge is 0.189 e.